The van der Waals surface area contributed by atoms with Gasteiger partial charge in [-0.2, -0.15) is 5.10 Å². The molecule has 0 aliphatic rings. The zero-order valence-electron chi connectivity index (χ0n) is 8.94. The van der Waals surface area contributed by atoms with Crippen LogP contribution in [0.5, 0.6) is 0 Å². The molecule has 78 valence electrons. The van der Waals surface area contributed by atoms with Gasteiger partial charge >= 0.3 is 0 Å². The molecule has 0 saturated carbocycles. The SMILES string of the molecule is CNc1cccc(Cn2nccc2C)n1. The largest absolute Gasteiger partial charge is 0.373 e. The molecule has 2 heterocycles. The topological polar surface area (TPSA) is 42.7 Å². The molecule has 0 fully saturated rings. The molecule has 4 nitrogen and oxygen atoms in total. The van der Waals surface area contributed by atoms with Crippen LogP contribution in [0.25, 0.3) is 0 Å². The first-order valence-electron chi connectivity index (χ1n) is 4.91. The predicted molar refractivity (Wildman–Crippen MR) is 59.8 cm³/mol. The summed E-state index contributed by atoms with van der Waals surface area (Å²) in [4.78, 5) is 4.44. The van der Waals surface area contributed by atoms with Crippen molar-refractivity contribution >= 4 is 5.82 Å². The summed E-state index contributed by atoms with van der Waals surface area (Å²) >= 11 is 0. The molecule has 15 heavy (non-hydrogen) atoms. The minimum Gasteiger partial charge on any atom is -0.373 e. The fourth-order valence-electron chi connectivity index (χ4n) is 1.42. The Hall–Kier alpha value is -1.84. The lowest BCUT2D eigenvalue weighted by Gasteiger charge is -2.05. The monoisotopic (exact) mass is 202 g/mol. The normalized spacial score (nSPS) is 10.3. The molecule has 0 amide bonds. The van der Waals surface area contributed by atoms with Gasteiger partial charge in [0.1, 0.15) is 5.82 Å². The van der Waals surface area contributed by atoms with E-state index in [9.17, 15) is 0 Å². The third-order valence-electron chi connectivity index (χ3n) is 2.30. The van der Waals surface area contributed by atoms with Crippen LogP contribution >= 0.6 is 0 Å². The lowest BCUT2D eigenvalue weighted by Crippen LogP contribution is -2.06. The third-order valence-corrected chi connectivity index (χ3v) is 2.30. The van der Waals surface area contributed by atoms with Gasteiger partial charge in [-0.3, -0.25) is 4.68 Å². The van der Waals surface area contributed by atoms with Crippen LogP contribution in [-0.4, -0.2) is 21.8 Å². The fourth-order valence-corrected chi connectivity index (χ4v) is 1.42. The van der Waals surface area contributed by atoms with Crippen LogP contribution in [0.4, 0.5) is 5.82 Å². The van der Waals surface area contributed by atoms with Crippen LogP contribution in [0.2, 0.25) is 0 Å². The molecule has 0 saturated heterocycles. The number of nitrogens with one attached hydrogen (secondary N) is 1. The molecule has 2 aromatic rings. The maximum atomic E-state index is 4.44. The molecule has 0 aromatic carbocycles. The Morgan fingerprint density at radius 1 is 1.33 bits per heavy atom. The summed E-state index contributed by atoms with van der Waals surface area (Å²) in [5.74, 6) is 0.886. The molecule has 0 unspecified atom stereocenters. The van der Waals surface area contributed by atoms with Crippen LogP contribution in [0.3, 0.4) is 0 Å². The Labute approximate surface area is 89.0 Å². The van der Waals surface area contributed by atoms with Crippen molar-refractivity contribution in [3.8, 4) is 0 Å². The average molecular weight is 202 g/mol. The first-order chi connectivity index (χ1) is 7.29. The Morgan fingerprint density at radius 3 is 2.87 bits per heavy atom. The molecule has 0 atom stereocenters. The van der Waals surface area contributed by atoms with Gasteiger partial charge in [0.05, 0.1) is 12.2 Å². The lowest BCUT2D eigenvalue weighted by molar-refractivity contribution is 0.653. The number of rotatable bonds is 3. The number of hydrogen-bond acceptors (Lipinski definition) is 3. The van der Waals surface area contributed by atoms with Gasteiger partial charge in [-0.1, -0.05) is 6.07 Å². The molecule has 0 radical (unpaired) electrons. The number of aromatic nitrogens is 3. The van der Waals surface area contributed by atoms with Crippen LogP contribution in [0.15, 0.2) is 30.5 Å². The highest BCUT2D eigenvalue weighted by atomic mass is 15.3. The van der Waals surface area contributed by atoms with Gasteiger partial charge < -0.3 is 5.32 Å². The van der Waals surface area contributed by atoms with Crippen LogP contribution < -0.4 is 5.32 Å². The molecule has 0 bridgehead atoms. The van der Waals surface area contributed by atoms with Crippen molar-refractivity contribution in [3.63, 3.8) is 0 Å². The quantitative estimate of drug-likeness (QED) is 0.823. The van der Waals surface area contributed by atoms with E-state index in [0.29, 0.717) is 6.54 Å². The first kappa shape index (κ1) is 9.71. The summed E-state index contributed by atoms with van der Waals surface area (Å²) in [7, 11) is 1.87. The van der Waals surface area contributed by atoms with Gasteiger partial charge in [0.2, 0.25) is 0 Å². The number of anilines is 1. The summed E-state index contributed by atoms with van der Waals surface area (Å²) in [6.45, 7) is 2.75. The molecule has 2 rings (SSSR count). The van der Waals surface area contributed by atoms with Crippen LogP contribution in [0, 0.1) is 6.92 Å². The maximum absolute atomic E-state index is 4.44. The van der Waals surface area contributed by atoms with Gasteiger partial charge in [0, 0.05) is 18.9 Å². The summed E-state index contributed by atoms with van der Waals surface area (Å²) in [5.41, 5.74) is 2.15. The van der Waals surface area contributed by atoms with Gasteiger partial charge in [0.15, 0.2) is 0 Å². The Balaban J connectivity index is 2.21. The van der Waals surface area contributed by atoms with Crippen molar-refractivity contribution in [2.45, 2.75) is 13.5 Å². The predicted octanol–water partition coefficient (Wildman–Crippen LogP) is 1.68. The van der Waals surface area contributed by atoms with Crippen LogP contribution in [-0.2, 0) is 6.54 Å². The van der Waals surface area contributed by atoms with Gasteiger partial charge in [-0.15, -0.1) is 0 Å². The molecule has 2 aromatic heterocycles. The second-order valence-electron chi connectivity index (χ2n) is 3.39. The van der Waals surface area contributed by atoms with E-state index in [0.717, 1.165) is 17.2 Å². The van der Waals surface area contributed by atoms with Crippen molar-refractivity contribution in [1.82, 2.24) is 14.8 Å². The summed E-state index contributed by atoms with van der Waals surface area (Å²) in [6, 6.07) is 7.93. The van der Waals surface area contributed by atoms with E-state index in [4.69, 9.17) is 0 Å². The van der Waals surface area contributed by atoms with Gasteiger partial charge in [-0.05, 0) is 25.1 Å². The lowest BCUT2D eigenvalue weighted by atomic mass is 10.3. The highest BCUT2D eigenvalue weighted by molar-refractivity contribution is 5.34. The Morgan fingerprint density at radius 2 is 2.20 bits per heavy atom. The van der Waals surface area contributed by atoms with Crippen molar-refractivity contribution in [2.24, 2.45) is 0 Å². The van der Waals surface area contributed by atoms with Crippen molar-refractivity contribution < 1.29 is 0 Å². The number of aryl methyl sites for hydroxylation is 1. The highest BCUT2D eigenvalue weighted by Crippen LogP contribution is 2.06. The van der Waals surface area contributed by atoms with E-state index >= 15 is 0 Å². The summed E-state index contributed by atoms with van der Waals surface area (Å²) in [5, 5.41) is 7.24. The molecular formula is C11H14N4. The molecule has 0 aliphatic heterocycles. The van der Waals surface area contributed by atoms with Crippen molar-refractivity contribution in [2.75, 3.05) is 12.4 Å². The number of nitrogens with zero attached hydrogens (tertiary/aromatic N) is 3. The second-order valence-corrected chi connectivity index (χ2v) is 3.39. The molecular weight excluding hydrogens is 188 g/mol. The Kier molecular flexibility index (Phi) is 2.67. The zero-order valence-corrected chi connectivity index (χ0v) is 8.94. The van der Waals surface area contributed by atoms with Gasteiger partial charge in [-0.25, -0.2) is 4.98 Å². The smallest absolute Gasteiger partial charge is 0.126 e. The summed E-state index contributed by atoms with van der Waals surface area (Å²) in [6.07, 6.45) is 1.80. The van der Waals surface area contributed by atoms with Crippen LogP contribution in [0.1, 0.15) is 11.4 Å². The zero-order chi connectivity index (χ0) is 10.7. The standard InChI is InChI=1S/C11H14N4/c1-9-6-7-13-15(9)8-10-4-3-5-11(12-2)14-10/h3-7H,8H2,1-2H3,(H,12,14). The molecule has 0 aliphatic carbocycles. The summed E-state index contributed by atoms with van der Waals surface area (Å²) < 4.78 is 1.93. The van der Waals surface area contributed by atoms with E-state index in [-0.39, 0.29) is 0 Å². The van der Waals surface area contributed by atoms with Crippen molar-refractivity contribution in [3.05, 3.63) is 41.9 Å². The number of hydrogen-bond donors (Lipinski definition) is 1. The molecule has 4 heteroatoms. The highest BCUT2D eigenvalue weighted by Gasteiger charge is 2.00. The Bertz CT molecular complexity index is 447. The fraction of sp³-hybridized carbons (Fsp3) is 0.273. The van der Waals surface area contributed by atoms with E-state index in [2.05, 4.69) is 15.4 Å². The number of pyridine rings is 1. The average Bonchev–Trinajstić information content (AvgIpc) is 2.65. The third kappa shape index (κ3) is 2.15. The molecule has 0 spiro atoms. The van der Waals surface area contributed by atoms with Crippen molar-refractivity contribution in [1.29, 1.82) is 0 Å². The van der Waals surface area contributed by atoms with Gasteiger partial charge in [0.25, 0.3) is 0 Å². The second kappa shape index (κ2) is 4.13. The first-order valence-corrected chi connectivity index (χ1v) is 4.91. The van der Waals surface area contributed by atoms with E-state index in [1.54, 1.807) is 6.20 Å². The molecule has 1 N–H and O–H groups in total. The van der Waals surface area contributed by atoms with E-state index < -0.39 is 0 Å². The van der Waals surface area contributed by atoms with E-state index in [1.165, 1.54) is 0 Å². The maximum Gasteiger partial charge on any atom is 0.126 e. The minimum absolute atomic E-state index is 0.717. The van der Waals surface area contributed by atoms with E-state index in [1.807, 2.05) is 42.9 Å². The minimum atomic E-state index is 0.717.